The van der Waals surface area contributed by atoms with Crippen molar-refractivity contribution in [1.82, 2.24) is 19.9 Å². The van der Waals surface area contributed by atoms with Crippen LogP contribution in [-0.2, 0) is 6.54 Å². The largest absolute Gasteiger partial charge is 0.350 e. The number of carbonyl (C=O) groups is 1. The predicted molar refractivity (Wildman–Crippen MR) is 92.2 cm³/mol. The highest BCUT2D eigenvalue weighted by Gasteiger charge is 2.11. The van der Waals surface area contributed by atoms with Gasteiger partial charge in [0.1, 0.15) is 9.86 Å². The summed E-state index contributed by atoms with van der Waals surface area (Å²) in [6, 6.07) is 5.23. The summed E-state index contributed by atoms with van der Waals surface area (Å²) in [6.07, 6.45) is 5.05. The molecule has 3 aromatic rings. The molecule has 0 aromatic carbocycles. The van der Waals surface area contributed by atoms with E-state index in [1.54, 1.807) is 24.4 Å². The molecule has 3 heterocycles. The first-order valence-corrected chi connectivity index (χ1v) is 9.01. The van der Waals surface area contributed by atoms with Crippen LogP contribution < -0.4 is 10.9 Å². The van der Waals surface area contributed by atoms with E-state index in [0.29, 0.717) is 29.1 Å². The van der Waals surface area contributed by atoms with Crippen molar-refractivity contribution < 1.29 is 4.79 Å². The maximum atomic E-state index is 12.2. The van der Waals surface area contributed by atoms with Crippen molar-refractivity contribution in [3.63, 3.8) is 0 Å². The van der Waals surface area contributed by atoms with Gasteiger partial charge in [0.25, 0.3) is 11.5 Å². The minimum atomic E-state index is -0.194. The quantitative estimate of drug-likeness (QED) is 0.715. The highest BCUT2D eigenvalue weighted by molar-refractivity contribution is 7.98. The molecule has 0 radical (unpaired) electrons. The Morgan fingerprint density at radius 2 is 2.26 bits per heavy atom. The molecule has 0 fully saturated rings. The van der Waals surface area contributed by atoms with Crippen LogP contribution in [0, 0.1) is 0 Å². The van der Waals surface area contributed by atoms with Gasteiger partial charge >= 0.3 is 0 Å². The molecule has 8 heteroatoms. The number of hydrogen-bond donors (Lipinski definition) is 1. The minimum Gasteiger partial charge on any atom is -0.350 e. The molecular formula is C15H14N4O2S2. The number of aromatic nitrogens is 3. The van der Waals surface area contributed by atoms with E-state index in [0.717, 1.165) is 4.83 Å². The summed E-state index contributed by atoms with van der Waals surface area (Å²) in [5, 5.41) is 5.95. The molecule has 1 N–H and O–H groups in total. The van der Waals surface area contributed by atoms with E-state index in [4.69, 9.17) is 0 Å². The normalized spacial score (nSPS) is 10.8. The molecule has 0 spiro atoms. The van der Waals surface area contributed by atoms with Gasteiger partial charge in [-0.1, -0.05) is 0 Å². The van der Waals surface area contributed by atoms with Crippen LogP contribution in [0.2, 0.25) is 0 Å². The summed E-state index contributed by atoms with van der Waals surface area (Å²) in [7, 11) is 0. The van der Waals surface area contributed by atoms with Crippen LogP contribution >= 0.6 is 23.1 Å². The Balaban J connectivity index is 1.67. The highest BCUT2D eigenvalue weighted by atomic mass is 32.2. The zero-order valence-corrected chi connectivity index (χ0v) is 14.0. The van der Waals surface area contributed by atoms with Crippen LogP contribution in [0.3, 0.4) is 0 Å². The predicted octanol–water partition coefficient (Wildman–Crippen LogP) is 2.00. The van der Waals surface area contributed by atoms with Crippen molar-refractivity contribution >= 4 is 39.2 Å². The first kappa shape index (κ1) is 15.7. The summed E-state index contributed by atoms with van der Waals surface area (Å²) in [5.74, 6) is -0.194. The first-order chi connectivity index (χ1) is 11.2. The number of nitrogens with zero attached hydrogens (tertiary/aromatic N) is 3. The Morgan fingerprint density at radius 1 is 1.39 bits per heavy atom. The topological polar surface area (TPSA) is 76.9 Å². The molecule has 0 atom stereocenters. The van der Waals surface area contributed by atoms with Gasteiger partial charge in [-0.3, -0.25) is 14.2 Å². The second-order valence-corrected chi connectivity index (χ2v) is 6.39. The van der Waals surface area contributed by atoms with Crippen molar-refractivity contribution in [3.05, 3.63) is 52.0 Å². The lowest BCUT2D eigenvalue weighted by Crippen LogP contribution is -2.31. The summed E-state index contributed by atoms with van der Waals surface area (Å²) in [5.41, 5.74) is 0.454. The SMILES string of the molecule is CSc1ncccc1C(=O)NCCn1cnc2sccc2c1=O. The lowest BCUT2D eigenvalue weighted by Gasteiger charge is -2.09. The minimum absolute atomic E-state index is 0.0864. The van der Waals surface area contributed by atoms with Gasteiger partial charge in [0, 0.05) is 19.3 Å². The van der Waals surface area contributed by atoms with Gasteiger partial charge in [-0.15, -0.1) is 23.1 Å². The molecule has 118 valence electrons. The van der Waals surface area contributed by atoms with Gasteiger partial charge in [-0.05, 0) is 29.8 Å². The lowest BCUT2D eigenvalue weighted by atomic mass is 10.2. The maximum Gasteiger partial charge on any atom is 0.262 e. The van der Waals surface area contributed by atoms with Crippen molar-refractivity contribution in [2.45, 2.75) is 11.6 Å². The van der Waals surface area contributed by atoms with Crippen molar-refractivity contribution in [2.24, 2.45) is 0 Å². The Bertz CT molecular complexity index is 904. The Morgan fingerprint density at radius 3 is 3.09 bits per heavy atom. The van der Waals surface area contributed by atoms with Crippen molar-refractivity contribution in [2.75, 3.05) is 12.8 Å². The van der Waals surface area contributed by atoms with Gasteiger partial charge in [0.2, 0.25) is 0 Å². The summed E-state index contributed by atoms with van der Waals surface area (Å²) < 4.78 is 1.51. The third kappa shape index (κ3) is 3.27. The van der Waals surface area contributed by atoms with Gasteiger partial charge in [0.05, 0.1) is 17.3 Å². The first-order valence-electron chi connectivity index (χ1n) is 6.90. The van der Waals surface area contributed by atoms with E-state index in [2.05, 4.69) is 15.3 Å². The molecule has 0 aliphatic rings. The number of pyridine rings is 1. The van der Waals surface area contributed by atoms with Crippen LogP contribution in [0.4, 0.5) is 0 Å². The van der Waals surface area contributed by atoms with E-state index in [9.17, 15) is 9.59 Å². The Labute approximate surface area is 140 Å². The molecule has 0 unspecified atom stereocenters. The molecule has 3 aromatic heterocycles. The average molecular weight is 346 g/mol. The number of thiophene rings is 1. The van der Waals surface area contributed by atoms with Gasteiger partial charge in [-0.25, -0.2) is 9.97 Å². The molecule has 0 bridgehead atoms. The summed E-state index contributed by atoms with van der Waals surface area (Å²) in [6.45, 7) is 0.719. The zero-order valence-electron chi connectivity index (χ0n) is 12.4. The molecule has 0 aliphatic heterocycles. The molecule has 1 amide bonds. The second kappa shape index (κ2) is 6.93. The summed E-state index contributed by atoms with van der Waals surface area (Å²) >= 11 is 2.86. The zero-order chi connectivity index (χ0) is 16.2. The lowest BCUT2D eigenvalue weighted by molar-refractivity contribution is 0.0948. The van der Waals surface area contributed by atoms with Crippen LogP contribution in [0.5, 0.6) is 0 Å². The van der Waals surface area contributed by atoms with Crippen LogP contribution in [0.1, 0.15) is 10.4 Å². The standard InChI is InChI=1S/C15H14N4O2S2/c1-22-13-10(3-2-5-17-13)12(20)16-6-7-19-9-18-14-11(15(19)21)4-8-23-14/h2-5,8-9H,6-7H2,1H3,(H,16,20). The fourth-order valence-corrected chi connectivity index (χ4v) is 3.43. The van der Waals surface area contributed by atoms with Crippen molar-refractivity contribution in [1.29, 1.82) is 0 Å². The average Bonchev–Trinajstić information content (AvgIpc) is 3.06. The number of fused-ring (bicyclic) bond motifs is 1. The highest BCUT2D eigenvalue weighted by Crippen LogP contribution is 2.16. The maximum absolute atomic E-state index is 12.2. The Hall–Kier alpha value is -2.19. The molecule has 6 nitrogen and oxygen atoms in total. The number of amides is 1. The van der Waals surface area contributed by atoms with E-state index >= 15 is 0 Å². The fraction of sp³-hybridized carbons (Fsp3) is 0.200. The Kier molecular flexibility index (Phi) is 4.73. The van der Waals surface area contributed by atoms with E-state index in [1.165, 1.54) is 34.0 Å². The number of nitrogens with one attached hydrogen (secondary N) is 1. The van der Waals surface area contributed by atoms with Crippen LogP contribution in [-0.4, -0.2) is 33.2 Å². The van der Waals surface area contributed by atoms with Crippen molar-refractivity contribution in [3.8, 4) is 0 Å². The molecule has 0 saturated heterocycles. The van der Waals surface area contributed by atoms with E-state index in [1.807, 2.05) is 11.6 Å². The third-order valence-corrected chi connectivity index (χ3v) is 4.83. The summed E-state index contributed by atoms with van der Waals surface area (Å²) in [4.78, 5) is 33.6. The number of hydrogen-bond acceptors (Lipinski definition) is 6. The monoisotopic (exact) mass is 346 g/mol. The molecule has 23 heavy (non-hydrogen) atoms. The third-order valence-electron chi connectivity index (χ3n) is 3.30. The molecule has 3 rings (SSSR count). The molecule has 0 aliphatic carbocycles. The molecular weight excluding hydrogens is 332 g/mol. The van der Waals surface area contributed by atoms with Crippen LogP contribution in [0.15, 0.2) is 45.9 Å². The molecule has 0 saturated carbocycles. The van der Waals surface area contributed by atoms with Gasteiger partial charge in [0.15, 0.2) is 0 Å². The number of carbonyl (C=O) groups excluding carboxylic acids is 1. The number of thioether (sulfide) groups is 1. The smallest absolute Gasteiger partial charge is 0.262 e. The van der Waals surface area contributed by atoms with E-state index < -0.39 is 0 Å². The van der Waals surface area contributed by atoms with Gasteiger partial charge in [-0.2, -0.15) is 0 Å². The van der Waals surface area contributed by atoms with Crippen LogP contribution in [0.25, 0.3) is 10.2 Å². The van der Waals surface area contributed by atoms with E-state index in [-0.39, 0.29) is 11.5 Å². The second-order valence-electron chi connectivity index (χ2n) is 4.70. The van der Waals surface area contributed by atoms with Gasteiger partial charge < -0.3 is 5.32 Å². The number of rotatable bonds is 5. The fourth-order valence-electron chi connectivity index (χ4n) is 2.16.